The molecular weight excluding hydrogens is 186 g/mol. The van der Waals surface area contributed by atoms with E-state index in [0.717, 1.165) is 31.5 Å². The minimum Gasteiger partial charge on any atom is -0.396 e. The smallest absolute Gasteiger partial charge is 0.0434 e. The number of aliphatic hydroxyl groups excluding tert-OH is 1. The van der Waals surface area contributed by atoms with Crippen LogP contribution in [0.3, 0.4) is 0 Å². The topological polar surface area (TPSA) is 32.3 Å². The van der Waals surface area contributed by atoms with Crippen LogP contribution in [0.4, 0.5) is 0 Å². The van der Waals surface area contributed by atoms with Gasteiger partial charge in [-0.25, -0.2) is 0 Å². The Kier molecular flexibility index (Phi) is 8.51. The van der Waals surface area contributed by atoms with Gasteiger partial charge in [-0.1, -0.05) is 24.9 Å². The third-order valence-electron chi connectivity index (χ3n) is 2.14. The first-order valence-corrected chi connectivity index (χ1v) is 5.25. The van der Waals surface area contributed by atoms with E-state index in [9.17, 15) is 0 Å². The van der Waals surface area contributed by atoms with E-state index in [1.807, 2.05) is 6.92 Å². The summed E-state index contributed by atoms with van der Waals surface area (Å²) < 4.78 is 0. The van der Waals surface area contributed by atoms with Crippen LogP contribution in [-0.4, -0.2) is 24.8 Å². The third-order valence-corrected chi connectivity index (χ3v) is 2.51. The Morgan fingerprint density at radius 3 is 2.77 bits per heavy atom. The fourth-order valence-corrected chi connectivity index (χ4v) is 1.22. The molecule has 0 saturated carbocycles. The van der Waals surface area contributed by atoms with Crippen molar-refractivity contribution >= 4 is 11.6 Å². The highest BCUT2D eigenvalue weighted by atomic mass is 35.5. The van der Waals surface area contributed by atoms with Gasteiger partial charge in [0.15, 0.2) is 0 Å². The number of rotatable bonds is 7. The van der Waals surface area contributed by atoms with Crippen LogP contribution < -0.4 is 5.32 Å². The molecule has 0 radical (unpaired) electrons. The van der Waals surface area contributed by atoms with E-state index in [2.05, 4.69) is 12.2 Å². The highest BCUT2D eigenvalue weighted by molar-refractivity contribution is 6.25. The van der Waals surface area contributed by atoms with E-state index >= 15 is 0 Å². The van der Waals surface area contributed by atoms with Gasteiger partial charge in [-0.2, -0.15) is 0 Å². The van der Waals surface area contributed by atoms with E-state index in [1.165, 1.54) is 0 Å². The molecule has 2 N–H and O–H groups in total. The molecule has 0 spiro atoms. The molecule has 0 heterocycles. The van der Waals surface area contributed by atoms with Crippen molar-refractivity contribution in [1.82, 2.24) is 5.32 Å². The predicted molar refractivity (Wildman–Crippen MR) is 58.0 cm³/mol. The molecule has 0 aromatic carbocycles. The van der Waals surface area contributed by atoms with Crippen LogP contribution in [0.25, 0.3) is 0 Å². The number of halogens is 1. The molecule has 0 bridgehead atoms. The average molecular weight is 206 g/mol. The summed E-state index contributed by atoms with van der Waals surface area (Å²) in [6.07, 6.45) is 1.99. The fraction of sp³-hybridized carbons (Fsp3) is 0.800. The van der Waals surface area contributed by atoms with Crippen molar-refractivity contribution in [2.75, 3.05) is 19.7 Å². The van der Waals surface area contributed by atoms with Crippen LogP contribution in [0, 0.1) is 5.92 Å². The van der Waals surface area contributed by atoms with E-state index in [-0.39, 0.29) is 6.61 Å². The molecule has 78 valence electrons. The molecule has 2 nitrogen and oxygen atoms in total. The minimum absolute atomic E-state index is 0.282. The second kappa shape index (κ2) is 8.54. The summed E-state index contributed by atoms with van der Waals surface area (Å²) in [5, 5.41) is 12.1. The standard InChI is InChI=1S/C10H20ClNO/c1-3-10(4-5-13)8-12-7-9(2)6-11/h6,10,12-13H,3-5,7-8H2,1-2H3. The van der Waals surface area contributed by atoms with Crippen LogP contribution in [0.2, 0.25) is 0 Å². The highest BCUT2D eigenvalue weighted by Gasteiger charge is 2.04. The van der Waals surface area contributed by atoms with Gasteiger partial charge in [-0.15, -0.1) is 0 Å². The summed E-state index contributed by atoms with van der Waals surface area (Å²) in [4.78, 5) is 0. The molecule has 0 aliphatic rings. The van der Waals surface area contributed by atoms with Gasteiger partial charge in [0, 0.05) is 18.7 Å². The average Bonchev–Trinajstić information content (AvgIpc) is 2.16. The van der Waals surface area contributed by atoms with Gasteiger partial charge in [0.05, 0.1) is 0 Å². The third kappa shape index (κ3) is 7.05. The molecule has 13 heavy (non-hydrogen) atoms. The maximum atomic E-state index is 8.76. The molecule has 1 unspecified atom stereocenters. The Hall–Kier alpha value is -0.0500. The van der Waals surface area contributed by atoms with Crippen molar-refractivity contribution in [3.8, 4) is 0 Å². The van der Waals surface area contributed by atoms with Crippen LogP contribution in [0.1, 0.15) is 26.7 Å². The number of hydrogen-bond donors (Lipinski definition) is 2. The summed E-state index contributed by atoms with van der Waals surface area (Å²) in [6.45, 7) is 6.22. The van der Waals surface area contributed by atoms with Crippen LogP contribution in [0.5, 0.6) is 0 Å². The summed E-state index contributed by atoms with van der Waals surface area (Å²) >= 11 is 5.52. The Morgan fingerprint density at radius 1 is 1.62 bits per heavy atom. The van der Waals surface area contributed by atoms with Crippen LogP contribution >= 0.6 is 11.6 Å². The lowest BCUT2D eigenvalue weighted by Crippen LogP contribution is -2.24. The normalized spacial score (nSPS) is 14.6. The van der Waals surface area contributed by atoms with Crippen molar-refractivity contribution in [2.24, 2.45) is 5.92 Å². The van der Waals surface area contributed by atoms with Gasteiger partial charge in [0.2, 0.25) is 0 Å². The summed E-state index contributed by atoms with van der Waals surface area (Å²) in [7, 11) is 0. The molecule has 1 atom stereocenters. The first-order valence-electron chi connectivity index (χ1n) is 4.82. The fourth-order valence-electron chi connectivity index (χ4n) is 1.15. The van der Waals surface area contributed by atoms with E-state index < -0.39 is 0 Å². The van der Waals surface area contributed by atoms with Crippen molar-refractivity contribution in [2.45, 2.75) is 26.7 Å². The Bertz CT molecular complexity index is 148. The maximum Gasteiger partial charge on any atom is 0.0434 e. The van der Waals surface area contributed by atoms with Gasteiger partial charge in [-0.3, -0.25) is 0 Å². The van der Waals surface area contributed by atoms with Gasteiger partial charge in [0.25, 0.3) is 0 Å². The molecule has 0 fully saturated rings. The largest absolute Gasteiger partial charge is 0.396 e. The minimum atomic E-state index is 0.282. The van der Waals surface area contributed by atoms with E-state index in [4.69, 9.17) is 16.7 Å². The zero-order valence-electron chi connectivity index (χ0n) is 8.52. The van der Waals surface area contributed by atoms with Crippen LogP contribution in [-0.2, 0) is 0 Å². The SMILES string of the molecule is CCC(CCO)CNCC(C)=CCl. The van der Waals surface area contributed by atoms with Crippen molar-refractivity contribution in [1.29, 1.82) is 0 Å². The predicted octanol–water partition coefficient (Wildman–Crippen LogP) is 2.13. The molecule has 0 rings (SSSR count). The van der Waals surface area contributed by atoms with E-state index in [0.29, 0.717) is 5.92 Å². The Morgan fingerprint density at radius 2 is 2.31 bits per heavy atom. The van der Waals surface area contributed by atoms with Crippen molar-refractivity contribution in [3.05, 3.63) is 11.1 Å². The first kappa shape index (κ1) is 12.9. The van der Waals surface area contributed by atoms with E-state index in [1.54, 1.807) is 5.54 Å². The Balaban J connectivity index is 3.48. The lowest BCUT2D eigenvalue weighted by molar-refractivity contribution is 0.252. The second-order valence-corrected chi connectivity index (χ2v) is 3.59. The Labute approximate surface area is 86.0 Å². The van der Waals surface area contributed by atoms with Crippen molar-refractivity contribution < 1.29 is 5.11 Å². The maximum absolute atomic E-state index is 8.76. The van der Waals surface area contributed by atoms with Crippen LogP contribution in [0.15, 0.2) is 11.1 Å². The number of nitrogens with one attached hydrogen (secondary N) is 1. The highest BCUT2D eigenvalue weighted by Crippen LogP contribution is 2.05. The lowest BCUT2D eigenvalue weighted by atomic mass is 10.0. The van der Waals surface area contributed by atoms with Gasteiger partial charge in [-0.05, 0) is 31.4 Å². The quantitative estimate of drug-likeness (QED) is 0.668. The molecule has 0 amide bonds. The first-order chi connectivity index (χ1) is 6.24. The molecule has 0 saturated heterocycles. The molecular formula is C10H20ClNO. The molecule has 0 aliphatic heterocycles. The molecule has 0 aliphatic carbocycles. The number of aliphatic hydroxyl groups is 1. The monoisotopic (exact) mass is 205 g/mol. The molecule has 0 aromatic heterocycles. The van der Waals surface area contributed by atoms with Crippen molar-refractivity contribution in [3.63, 3.8) is 0 Å². The molecule has 3 heteroatoms. The second-order valence-electron chi connectivity index (χ2n) is 3.37. The lowest BCUT2D eigenvalue weighted by Gasteiger charge is -2.14. The summed E-state index contributed by atoms with van der Waals surface area (Å²) in [5.74, 6) is 0.577. The zero-order valence-corrected chi connectivity index (χ0v) is 9.27. The molecule has 0 aromatic rings. The van der Waals surface area contributed by atoms with Gasteiger partial charge in [0.1, 0.15) is 0 Å². The zero-order chi connectivity index (χ0) is 10.1. The number of hydrogen-bond acceptors (Lipinski definition) is 2. The van der Waals surface area contributed by atoms with Gasteiger partial charge < -0.3 is 10.4 Å². The summed E-state index contributed by atoms with van der Waals surface area (Å²) in [6, 6.07) is 0. The summed E-state index contributed by atoms with van der Waals surface area (Å²) in [5.41, 5.74) is 2.74. The van der Waals surface area contributed by atoms with Gasteiger partial charge >= 0.3 is 0 Å².